The third-order valence-electron chi connectivity index (χ3n) is 3.19. The Labute approximate surface area is 100 Å². The van der Waals surface area contributed by atoms with Crippen LogP contribution < -0.4 is 4.90 Å². The molecule has 1 aromatic carbocycles. The summed E-state index contributed by atoms with van der Waals surface area (Å²) in [4.78, 5) is 2.50. The Hall–Kier alpha value is -0.980. The average Bonchev–Trinajstić information content (AvgIpc) is 2.32. The van der Waals surface area contributed by atoms with Crippen LogP contribution in [-0.2, 0) is 0 Å². The maximum atomic E-state index is 2.50. The van der Waals surface area contributed by atoms with Crippen LogP contribution in [0.15, 0.2) is 30.3 Å². The fraction of sp³-hybridized carbons (Fsp3) is 0.600. The van der Waals surface area contributed by atoms with E-state index < -0.39 is 0 Å². The number of para-hydroxylation sites is 1. The maximum Gasteiger partial charge on any atom is 0.0368 e. The van der Waals surface area contributed by atoms with Crippen molar-refractivity contribution >= 4 is 5.69 Å². The van der Waals surface area contributed by atoms with E-state index in [4.69, 9.17) is 0 Å². The molecule has 0 aliphatic carbocycles. The lowest BCUT2D eigenvalue weighted by atomic mass is 10.1. The van der Waals surface area contributed by atoms with Crippen LogP contribution in [0.2, 0.25) is 0 Å². The van der Waals surface area contributed by atoms with Gasteiger partial charge in [0.2, 0.25) is 0 Å². The second kappa shape index (κ2) is 7.32. The van der Waals surface area contributed by atoms with E-state index in [1.54, 1.807) is 0 Å². The zero-order valence-electron chi connectivity index (χ0n) is 10.9. The van der Waals surface area contributed by atoms with Crippen LogP contribution in [-0.4, -0.2) is 12.6 Å². The Morgan fingerprint density at radius 2 is 1.75 bits per heavy atom. The number of hydrogen-bond donors (Lipinski definition) is 0. The van der Waals surface area contributed by atoms with Gasteiger partial charge >= 0.3 is 0 Å². The number of unbranched alkanes of at least 4 members (excludes halogenated alkanes) is 2. The van der Waals surface area contributed by atoms with Gasteiger partial charge in [0.05, 0.1) is 0 Å². The molecule has 0 aliphatic rings. The highest BCUT2D eigenvalue weighted by Gasteiger charge is 2.11. The smallest absolute Gasteiger partial charge is 0.0368 e. The molecule has 0 heterocycles. The van der Waals surface area contributed by atoms with Crippen LogP contribution in [0.5, 0.6) is 0 Å². The SMILES string of the molecule is CCCCCC(C)N(CC)c1ccccc1. The lowest BCUT2D eigenvalue weighted by Crippen LogP contribution is -2.32. The van der Waals surface area contributed by atoms with E-state index in [9.17, 15) is 0 Å². The van der Waals surface area contributed by atoms with Crippen molar-refractivity contribution in [3.05, 3.63) is 30.3 Å². The van der Waals surface area contributed by atoms with Gasteiger partial charge < -0.3 is 4.90 Å². The molecule has 16 heavy (non-hydrogen) atoms. The summed E-state index contributed by atoms with van der Waals surface area (Å²) >= 11 is 0. The first-order valence-electron chi connectivity index (χ1n) is 6.61. The van der Waals surface area contributed by atoms with Crippen molar-refractivity contribution in [3.63, 3.8) is 0 Å². The van der Waals surface area contributed by atoms with Gasteiger partial charge in [-0.05, 0) is 32.4 Å². The molecule has 1 rings (SSSR count). The van der Waals surface area contributed by atoms with Crippen LogP contribution >= 0.6 is 0 Å². The zero-order chi connectivity index (χ0) is 11.8. The van der Waals surface area contributed by atoms with E-state index in [1.165, 1.54) is 31.4 Å². The second-order valence-electron chi connectivity index (χ2n) is 4.47. The minimum absolute atomic E-state index is 0.652. The number of rotatable bonds is 7. The molecule has 0 bridgehead atoms. The van der Waals surface area contributed by atoms with Gasteiger partial charge in [-0.1, -0.05) is 44.4 Å². The third kappa shape index (κ3) is 3.88. The third-order valence-corrected chi connectivity index (χ3v) is 3.19. The van der Waals surface area contributed by atoms with E-state index in [2.05, 4.69) is 56.0 Å². The summed E-state index contributed by atoms with van der Waals surface area (Å²) in [7, 11) is 0. The summed E-state index contributed by atoms with van der Waals surface area (Å²) in [6.07, 6.45) is 5.32. The van der Waals surface area contributed by atoms with E-state index >= 15 is 0 Å². The van der Waals surface area contributed by atoms with Crippen molar-refractivity contribution in [1.82, 2.24) is 0 Å². The lowest BCUT2D eigenvalue weighted by molar-refractivity contribution is 0.553. The summed E-state index contributed by atoms with van der Waals surface area (Å²) in [5.74, 6) is 0. The summed E-state index contributed by atoms with van der Waals surface area (Å²) in [6, 6.07) is 11.4. The normalized spacial score (nSPS) is 12.4. The van der Waals surface area contributed by atoms with E-state index in [0.717, 1.165) is 6.54 Å². The van der Waals surface area contributed by atoms with Gasteiger partial charge in [0.1, 0.15) is 0 Å². The number of nitrogens with zero attached hydrogens (tertiary/aromatic N) is 1. The van der Waals surface area contributed by atoms with Gasteiger partial charge in [-0.25, -0.2) is 0 Å². The molecule has 0 N–H and O–H groups in total. The van der Waals surface area contributed by atoms with Gasteiger partial charge in [-0.15, -0.1) is 0 Å². The van der Waals surface area contributed by atoms with Crippen molar-refractivity contribution < 1.29 is 0 Å². The molecular weight excluding hydrogens is 194 g/mol. The molecule has 0 saturated carbocycles. The number of hydrogen-bond acceptors (Lipinski definition) is 1. The maximum absolute atomic E-state index is 2.50. The Morgan fingerprint density at radius 3 is 2.31 bits per heavy atom. The van der Waals surface area contributed by atoms with Gasteiger partial charge in [-0.2, -0.15) is 0 Å². The molecular formula is C15H25N. The fourth-order valence-electron chi connectivity index (χ4n) is 2.21. The summed E-state index contributed by atoms with van der Waals surface area (Å²) < 4.78 is 0. The molecule has 0 radical (unpaired) electrons. The highest BCUT2D eigenvalue weighted by Crippen LogP contribution is 2.19. The monoisotopic (exact) mass is 219 g/mol. The Kier molecular flexibility index (Phi) is 5.99. The Morgan fingerprint density at radius 1 is 1.06 bits per heavy atom. The molecule has 0 aliphatic heterocycles. The molecule has 0 aromatic heterocycles. The lowest BCUT2D eigenvalue weighted by Gasteiger charge is -2.30. The van der Waals surface area contributed by atoms with Crippen LogP contribution in [0, 0.1) is 0 Å². The highest BCUT2D eigenvalue weighted by molar-refractivity contribution is 5.46. The van der Waals surface area contributed by atoms with Crippen molar-refractivity contribution in [1.29, 1.82) is 0 Å². The minimum Gasteiger partial charge on any atom is -0.369 e. The first kappa shape index (κ1) is 13.1. The molecule has 1 aromatic rings. The molecule has 1 heteroatoms. The second-order valence-corrected chi connectivity index (χ2v) is 4.47. The summed E-state index contributed by atoms with van der Waals surface area (Å²) in [5.41, 5.74) is 1.36. The molecule has 0 fully saturated rings. The van der Waals surface area contributed by atoms with Crippen molar-refractivity contribution in [2.24, 2.45) is 0 Å². The first-order chi connectivity index (χ1) is 7.79. The molecule has 1 atom stereocenters. The topological polar surface area (TPSA) is 3.24 Å². The van der Waals surface area contributed by atoms with E-state index in [1.807, 2.05) is 0 Å². The first-order valence-corrected chi connectivity index (χ1v) is 6.61. The molecule has 0 amide bonds. The van der Waals surface area contributed by atoms with Crippen molar-refractivity contribution in [3.8, 4) is 0 Å². The molecule has 1 nitrogen and oxygen atoms in total. The van der Waals surface area contributed by atoms with Crippen molar-refractivity contribution in [2.45, 2.75) is 52.5 Å². The average molecular weight is 219 g/mol. The Bertz CT molecular complexity index is 268. The van der Waals surface area contributed by atoms with Gasteiger partial charge in [0.15, 0.2) is 0 Å². The number of anilines is 1. The van der Waals surface area contributed by atoms with Gasteiger partial charge in [-0.3, -0.25) is 0 Å². The minimum atomic E-state index is 0.652. The number of benzene rings is 1. The molecule has 90 valence electrons. The molecule has 1 unspecified atom stereocenters. The zero-order valence-corrected chi connectivity index (χ0v) is 10.9. The largest absolute Gasteiger partial charge is 0.369 e. The van der Waals surface area contributed by atoms with Crippen LogP contribution in [0.4, 0.5) is 5.69 Å². The van der Waals surface area contributed by atoms with E-state index in [0.29, 0.717) is 6.04 Å². The quantitative estimate of drug-likeness (QED) is 0.611. The van der Waals surface area contributed by atoms with Gasteiger partial charge in [0.25, 0.3) is 0 Å². The van der Waals surface area contributed by atoms with Crippen LogP contribution in [0.25, 0.3) is 0 Å². The fourth-order valence-corrected chi connectivity index (χ4v) is 2.21. The Balaban J connectivity index is 2.53. The summed E-state index contributed by atoms with van der Waals surface area (Å²) in [6.45, 7) is 7.94. The van der Waals surface area contributed by atoms with Gasteiger partial charge in [0, 0.05) is 18.3 Å². The molecule has 0 spiro atoms. The predicted octanol–water partition coefficient (Wildman–Crippen LogP) is 4.48. The highest BCUT2D eigenvalue weighted by atomic mass is 15.1. The predicted molar refractivity (Wildman–Crippen MR) is 73.1 cm³/mol. The van der Waals surface area contributed by atoms with E-state index in [-0.39, 0.29) is 0 Å². The standard InChI is InChI=1S/C15H25N/c1-4-6-8-11-14(3)16(5-2)15-12-9-7-10-13-15/h7,9-10,12-14H,4-6,8,11H2,1-3H3. The van der Waals surface area contributed by atoms with Crippen LogP contribution in [0.3, 0.4) is 0 Å². The summed E-state index contributed by atoms with van der Waals surface area (Å²) in [5, 5.41) is 0. The van der Waals surface area contributed by atoms with Crippen LogP contribution in [0.1, 0.15) is 46.5 Å². The van der Waals surface area contributed by atoms with Crippen molar-refractivity contribution in [2.75, 3.05) is 11.4 Å². The molecule has 0 saturated heterocycles.